The van der Waals surface area contributed by atoms with Gasteiger partial charge in [-0.05, 0) is 74.0 Å². The second kappa shape index (κ2) is 12.7. The Bertz CT molecular complexity index is 3870. The summed E-state index contributed by atoms with van der Waals surface area (Å²) < 4.78 is 4.94. The van der Waals surface area contributed by atoms with Gasteiger partial charge in [-0.25, -0.2) is 4.98 Å². The van der Waals surface area contributed by atoms with Crippen molar-refractivity contribution < 1.29 is 0 Å². The van der Waals surface area contributed by atoms with Crippen molar-refractivity contribution in [3.05, 3.63) is 212 Å². The number of fused-ring (bicyclic) bond motifs is 16. The predicted molar refractivity (Wildman–Crippen MR) is 254 cm³/mol. The molecular weight excluding hydrogens is 727 g/mol. The lowest BCUT2D eigenvalue weighted by molar-refractivity contribution is 1.09. The molecule has 3 heteroatoms. The highest BCUT2D eigenvalue weighted by Gasteiger charge is 2.26. The first-order valence-corrected chi connectivity index (χ1v) is 20.6. The van der Waals surface area contributed by atoms with Gasteiger partial charge in [-0.2, -0.15) is 0 Å². The fourth-order valence-corrected chi connectivity index (χ4v) is 10.2. The van der Waals surface area contributed by atoms with Gasteiger partial charge in [-0.15, -0.1) is 0 Å². The summed E-state index contributed by atoms with van der Waals surface area (Å²) in [7, 11) is 0. The molecule has 0 aliphatic heterocycles. The maximum Gasteiger partial charge on any atom is 0.138 e. The van der Waals surface area contributed by atoms with Gasteiger partial charge < -0.3 is 4.57 Å². The first-order chi connectivity index (χ1) is 29.8. The van der Waals surface area contributed by atoms with E-state index >= 15 is 0 Å². The van der Waals surface area contributed by atoms with Crippen molar-refractivity contribution in [3.8, 4) is 33.8 Å². The molecule has 0 amide bonds. The second-order valence-electron chi connectivity index (χ2n) is 15.8. The van der Waals surface area contributed by atoms with Crippen molar-refractivity contribution in [3.63, 3.8) is 0 Å². The van der Waals surface area contributed by atoms with Crippen LogP contribution in [-0.2, 0) is 0 Å². The van der Waals surface area contributed by atoms with Crippen LogP contribution < -0.4 is 0 Å². The Kier molecular flexibility index (Phi) is 7.01. The predicted octanol–water partition coefficient (Wildman–Crippen LogP) is 15.2. The summed E-state index contributed by atoms with van der Waals surface area (Å²) in [4.78, 5) is 5.36. The van der Waals surface area contributed by atoms with E-state index in [0.717, 1.165) is 44.8 Å². The van der Waals surface area contributed by atoms with Gasteiger partial charge in [0.25, 0.3) is 0 Å². The molecule has 0 aliphatic carbocycles. The van der Waals surface area contributed by atoms with Gasteiger partial charge in [0.2, 0.25) is 0 Å². The number of pyridine rings is 1. The molecule has 13 rings (SSSR count). The fraction of sp³-hybridized carbons (Fsp3) is 0. The quantitative estimate of drug-likeness (QED) is 0.164. The largest absolute Gasteiger partial charge is 0.309 e. The summed E-state index contributed by atoms with van der Waals surface area (Å²) in [6, 6.07) is 75.1. The smallest absolute Gasteiger partial charge is 0.138 e. The standard InChI is InChI=1S/C57H35N3/c1-3-18-37(19-4-1)47-34-51(58-35-48(47)38-20-5-2-6-21-38)60-50-30-16-14-28-46(50)54-55-52(42-24-10-12-26-44(42)57(54)60)41-23-9-11-25-43(41)56-53(55)45-27-13-15-29-49(45)59(56)40-32-31-36-17-7-8-22-39(36)33-40/h1-35H. The van der Waals surface area contributed by atoms with Crippen LogP contribution in [0.25, 0.3) is 120 Å². The number of benzene rings is 10. The summed E-state index contributed by atoms with van der Waals surface area (Å²) in [5.41, 5.74) is 10.4. The molecule has 3 aromatic heterocycles. The monoisotopic (exact) mass is 761 g/mol. The lowest BCUT2D eigenvalue weighted by Gasteiger charge is -2.17. The zero-order chi connectivity index (χ0) is 39.3. The highest BCUT2D eigenvalue weighted by Crippen LogP contribution is 2.50. The lowest BCUT2D eigenvalue weighted by atomic mass is 9.89. The minimum atomic E-state index is 0.889. The van der Waals surface area contributed by atoms with Crippen LogP contribution in [0.4, 0.5) is 0 Å². The summed E-state index contributed by atoms with van der Waals surface area (Å²) in [6.07, 6.45) is 2.07. The lowest BCUT2D eigenvalue weighted by Crippen LogP contribution is -2.00. The van der Waals surface area contributed by atoms with Crippen molar-refractivity contribution >= 4 is 86.7 Å². The molecule has 3 nitrogen and oxygen atoms in total. The molecule has 0 saturated heterocycles. The maximum absolute atomic E-state index is 5.36. The van der Waals surface area contributed by atoms with E-state index in [2.05, 4.69) is 222 Å². The Morgan fingerprint density at radius 1 is 0.317 bits per heavy atom. The third kappa shape index (κ3) is 4.63. The van der Waals surface area contributed by atoms with E-state index in [9.17, 15) is 0 Å². The Morgan fingerprint density at radius 2 is 0.800 bits per heavy atom. The van der Waals surface area contributed by atoms with E-state index in [0.29, 0.717) is 0 Å². The van der Waals surface area contributed by atoms with Crippen molar-refractivity contribution in [2.75, 3.05) is 0 Å². The highest BCUT2D eigenvalue weighted by molar-refractivity contribution is 6.45. The van der Waals surface area contributed by atoms with Crippen LogP contribution in [0, 0.1) is 0 Å². The first kappa shape index (κ1) is 33.0. The summed E-state index contributed by atoms with van der Waals surface area (Å²) >= 11 is 0. The van der Waals surface area contributed by atoms with Gasteiger partial charge in [0.05, 0.1) is 22.1 Å². The third-order valence-corrected chi connectivity index (χ3v) is 12.7. The van der Waals surface area contributed by atoms with Crippen molar-refractivity contribution in [2.45, 2.75) is 0 Å². The topological polar surface area (TPSA) is 22.8 Å². The Morgan fingerprint density at radius 3 is 1.43 bits per heavy atom. The van der Waals surface area contributed by atoms with Crippen LogP contribution >= 0.6 is 0 Å². The Balaban J connectivity index is 1.25. The van der Waals surface area contributed by atoms with E-state index in [4.69, 9.17) is 4.98 Å². The molecule has 10 aromatic carbocycles. The molecular formula is C57H35N3. The van der Waals surface area contributed by atoms with Gasteiger partial charge in [-0.1, -0.05) is 176 Å². The van der Waals surface area contributed by atoms with Crippen LogP contribution in [0.15, 0.2) is 212 Å². The third-order valence-electron chi connectivity index (χ3n) is 12.7. The zero-order valence-corrected chi connectivity index (χ0v) is 32.5. The van der Waals surface area contributed by atoms with Crippen LogP contribution in [0.3, 0.4) is 0 Å². The molecule has 0 aliphatic rings. The number of rotatable bonds is 4. The minimum Gasteiger partial charge on any atom is -0.309 e. The molecule has 13 aromatic rings. The molecule has 0 fully saturated rings. The molecule has 0 bridgehead atoms. The Labute approximate surface area is 345 Å². The maximum atomic E-state index is 5.36. The molecule has 0 radical (unpaired) electrons. The molecule has 0 spiro atoms. The second-order valence-corrected chi connectivity index (χ2v) is 15.8. The SMILES string of the molecule is c1ccc(-c2cnc(-n3c4ccccc4c4c5c(c6ccccc6c6c5c5ccccc5n6-c5ccc6ccccc6c5)c5ccccc5c43)cc2-c2ccccc2)cc1. The molecule has 60 heavy (non-hydrogen) atoms. The normalized spacial score (nSPS) is 12.0. The number of nitrogens with zero attached hydrogens (tertiary/aromatic N) is 3. The van der Waals surface area contributed by atoms with Gasteiger partial charge in [0, 0.05) is 55.2 Å². The number of hydrogen-bond donors (Lipinski definition) is 0. The van der Waals surface area contributed by atoms with Gasteiger partial charge in [0.1, 0.15) is 5.82 Å². The van der Waals surface area contributed by atoms with E-state index in [-0.39, 0.29) is 0 Å². The van der Waals surface area contributed by atoms with E-state index in [1.807, 2.05) is 0 Å². The zero-order valence-electron chi connectivity index (χ0n) is 32.5. The molecule has 0 saturated carbocycles. The van der Waals surface area contributed by atoms with Crippen molar-refractivity contribution in [1.82, 2.24) is 14.1 Å². The minimum absolute atomic E-state index is 0.889. The van der Waals surface area contributed by atoms with E-state index < -0.39 is 0 Å². The number of aromatic nitrogens is 3. The van der Waals surface area contributed by atoms with Crippen molar-refractivity contribution in [1.29, 1.82) is 0 Å². The van der Waals surface area contributed by atoms with Crippen LogP contribution in [0.1, 0.15) is 0 Å². The van der Waals surface area contributed by atoms with Gasteiger partial charge in [0.15, 0.2) is 0 Å². The summed E-state index contributed by atoms with van der Waals surface area (Å²) in [6.45, 7) is 0. The Hall–Kier alpha value is -8.01. The van der Waals surface area contributed by atoms with E-state index in [1.165, 1.54) is 75.7 Å². The van der Waals surface area contributed by atoms with Gasteiger partial charge in [-0.3, -0.25) is 4.57 Å². The van der Waals surface area contributed by atoms with Crippen LogP contribution in [0.5, 0.6) is 0 Å². The van der Waals surface area contributed by atoms with Crippen LogP contribution in [-0.4, -0.2) is 14.1 Å². The fourth-order valence-electron chi connectivity index (χ4n) is 10.2. The van der Waals surface area contributed by atoms with E-state index in [1.54, 1.807) is 0 Å². The van der Waals surface area contributed by atoms with Crippen LogP contribution in [0.2, 0.25) is 0 Å². The molecule has 278 valence electrons. The summed E-state index contributed by atoms with van der Waals surface area (Å²) in [5, 5.41) is 14.9. The molecule has 0 unspecified atom stereocenters. The molecule has 0 N–H and O–H groups in total. The first-order valence-electron chi connectivity index (χ1n) is 20.6. The number of para-hydroxylation sites is 2. The average Bonchev–Trinajstić information content (AvgIpc) is 3.86. The summed E-state index contributed by atoms with van der Waals surface area (Å²) in [5.74, 6) is 0.889. The average molecular weight is 762 g/mol. The number of hydrogen-bond acceptors (Lipinski definition) is 1. The van der Waals surface area contributed by atoms with Crippen molar-refractivity contribution in [2.24, 2.45) is 0 Å². The van der Waals surface area contributed by atoms with Gasteiger partial charge >= 0.3 is 0 Å². The molecule has 3 heterocycles. The highest BCUT2D eigenvalue weighted by atomic mass is 15.1. The molecule has 0 atom stereocenters.